The second kappa shape index (κ2) is 4.93. The van der Waals surface area contributed by atoms with Gasteiger partial charge in [0.25, 0.3) is 10.0 Å². The van der Waals surface area contributed by atoms with E-state index in [4.69, 9.17) is 0 Å². The maximum atomic E-state index is 12.2. The van der Waals surface area contributed by atoms with E-state index < -0.39 is 10.0 Å². The number of hydrogen-bond donors (Lipinski definition) is 2. The molecule has 0 saturated carbocycles. The Morgan fingerprint density at radius 2 is 1.74 bits per heavy atom. The molecular weight excluding hydrogens is 262 g/mol. The molecule has 19 heavy (non-hydrogen) atoms. The molecule has 4 nitrogen and oxygen atoms in total. The number of sulfonamides is 1. The van der Waals surface area contributed by atoms with E-state index in [9.17, 15) is 13.5 Å². The number of nitrogens with one attached hydrogen (secondary N) is 1. The van der Waals surface area contributed by atoms with Crippen LogP contribution in [-0.4, -0.2) is 13.5 Å². The maximum Gasteiger partial charge on any atom is 0.265 e. The monoisotopic (exact) mass is 277 g/mol. The fourth-order valence-electron chi connectivity index (χ4n) is 1.81. The van der Waals surface area contributed by atoms with Gasteiger partial charge in [0, 0.05) is 0 Å². The van der Waals surface area contributed by atoms with Crippen molar-refractivity contribution in [3.05, 3.63) is 53.6 Å². The third kappa shape index (κ3) is 2.88. The van der Waals surface area contributed by atoms with Gasteiger partial charge < -0.3 is 5.11 Å². The molecule has 0 saturated heterocycles. The summed E-state index contributed by atoms with van der Waals surface area (Å²) in [5.74, 6) is -0.264. The first-order valence-corrected chi connectivity index (χ1v) is 7.26. The van der Waals surface area contributed by atoms with Crippen LogP contribution >= 0.6 is 0 Å². The molecule has 100 valence electrons. The first kappa shape index (κ1) is 13.4. The number of para-hydroxylation sites is 1. The van der Waals surface area contributed by atoms with Crippen LogP contribution in [0.4, 0.5) is 5.69 Å². The summed E-state index contributed by atoms with van der Waals surface area (Å²) < 4.78 is 26.9. The number of aromatic hydroxyl groups is 1. The maximum absolute atomic E-state index is 12.2. The van der Waals surface area contributed by atoms with Gasteiger partial charge in [-0.05, 0) is 37.6 Å². The number of aryl methyl sites for hydroxylation is 2. The third-order valence-electron chi connectivity index (χ3n) is 2.78. The summed E-state index contributed by atoms with van der Waals surface area (Å²) in [5.41, 5.74) is 2.40. The average Bonchev–Trinajstić information content (AvgIpc) is 2.33. The van der Waals surface area contributed by atoms with E-state index in [2.05, 4.69) is 4.72 Å². The number of phenols is 1. The van der Waals surface area contributed by atoms with Gasteiger partial charge in [0.2, 0.25) is 0 Å². The van der Waals surface area contributed by atoms with Crippen LogP contribution in [0.3, 0.4) is 0 Å². The molecule has 0 fully saturated rings. The first-order chi connectivity index (χ1) is 8.90. The molecule has 0 unspecified atom stereocenters. The van der Waals surface area contributed by atoms with Gasteiger partial charge in [0.1, 0.15) is 10.6 Å². The molecule has 0 aliphatic rings. The molecule has 0 bridgehead atoms. The molecule has 2 N–H and O–H groups in total. The highest BCUT2D eigenvalue weighted by atomic mass is 32.2. The van der Waals surface area contributed by atoms with Crippen molar-refractivity contribution in [2.24, 2.45) is 0 Å². The van der Waals surface area contributed by atoms with Gasteiger partial charge in [-0.25, -0.2) is 8.42 Å². The van der Waals surface area contributed by atoms with Gasteiger partial charge in [0.15, 0.2) is 0 Å². The van der Waals surface area contributed by atoms with Crippen LogP contribution in [0.2, 0.25) is 0 Å². The number of phenolic OH excluding ortho intramolecular Hbond substituents is 1. The molecule has 0 aliphatic heterocycles. The Hall–Kier alpha value is -2.01. The minimum Gasteiger partial charge on any atom is -0.507 e. The minimum absolute atomic E-state index is 0.130. The number of hydrogen-bond acceptors (Lipinski definition) is 3. The SMILES string of the molecule is Cc1ccc(NS(=O)(=O)c2ccccc2O)c(C)c1. The molecule has 0 radical (unpaired) electrons. The number of rotatable bonds is 3. The largest absolute Gasteiger partial charge is 0.507 e. The Morgan fingerprint density at radius 3 is 2.37 bits per heavy atom. The number of benzene rings is 2. The van der Waals surface area contributed by atoms with Crippen LogP contribution in [0.15, 0.2) is 47.4 Å². The fraction of sp³-hybridized carbons (Fsp3) is 0.143. The van der Waals surface area contributed by atoms with Gasteiger partial charge in [-0.2, -0.15) is 0 Å². The van der Waals surface area contributed by atoms with Crippen molar-refractivity contribution >= 4 is 15.7 Å². The van der Waals surface area contributed by atoms with Crippen LogP contribution in [0.5, 0.6) is 5.75 Å². The summed E-state index contributed by atoms with van der Waals surface area (Å²) in [6.45, 7) is 3.77. The summed E-state index contributed by atoms with van der Waals surface area (Å²) in [5, 5.41) is 9.62. The van der Waals surface area contributed by atoms with Crippen LogP contribution in [0.1, 0.15) is 11.1 Å². The van der Waals surface area contributed by atoms with Crippen LogP contribution in [-0.2, 0) is 10.0 Å². The molecule has 0 spiro atoms. The predicted molar refractivity (Wildman–Crippen MR) is 74.8 cm³/mol. The van der Waals surface area contributed by atoms with E-state index in [1.807, 2.05) is 26.0 Å². The highest BCUT2D eigenvalue weighted by molar-refractivity contribution is 7.92. The minimum atomic E-state index is -3.78. The second-order valence-corrected chi connectivity index (χ2v) is 6.04. The molecule has 0 aliphatic carbocycles. The summed E-state index contributed by atoms with van der Waals surface area (Å²) in [6.07, 6.45) is 0. The van der Waals surface area contributed by atoms with E-state index in [-0.39, 0.29) is 10.6 Å². The lowest BCUT2D eigenvalue weighted by Crippen LogP contribution is -2.13. The molecule has 2 aromatic rings. The zero-order chi connectivity index (χ0) is 14.0. The second-order valence-electron chi connectivity index (χ2n) is 4.39. The fourth-order valence-corrected chi connectivity index (χ4v) is 3.04. The summed E-state index contributed by atoms with van der Waals surface area (Å²) in [6, 6.07) is 11.3. The van der Waals surface area contributed by atoms with Crippen molar-refractivity contribution in [2.75, 3.05) is 4.72 Å². The Labute approximate surface area is 112 Å². The van der Waals surface area contributed by atoms with Gasteiger partial charge in [-0.15, -0.1) is 0 Å². The lowest BCUT2D eigenvalue weighted by atomic mass is 10.1. The van der Waals surface area contributed by atoms with Crippen molar-refractivity contribution in [1.82, 2.24) is 0 Å². The highest BCUT2D eigenvalue weighted by Crippen LogP contribution is 2.25. The van der Waals surface area contributed by atoms with Crippen LogP contribution < -0.4 is 4.72 Å². The molecule has 2 rings (SSSR count). The Bertz CT molecular complexity index is 708. The lowest BCUT2D eigenvalue weighted by molar-refractivity contribution is 0.459. The first-order valence-electron chi connectivity index (χ1n) is 5.78. The van der Waals surface area contributed by atoms with Crippen LogP contribution in [0.25, 0.3) is 0 Å². The van der Waals surface area contributed by atoms with E-state index >= 15 is 0 Å². The van der Waals surface area contributed by atoms with Crippen molar-refractivity contribution in [1.29, 1.82) is 0 Å². The van der Waals surface area contributed by atoms with Gasteiger partial charge in [-0.3, -0.25) is 4.72 Å². The molecule has 0 aromatic heterocycles. The highest BCUT2D eigenvalue weighted by Gasteiger charge is 2.18. The van der Waals surface area contributed by atoms with Gasteiger partial charge in [-0.1, -0.05) is 29.8 Å². The third-order valence-corrected chi connectivity index (χ3v) is 4.19. The zero-order valence-corrected chi connectivity index (χ0v) is 11.5. The van der Waals surface area contributed by atoms with Gasteiger partial charge in [0.05, 0.1) is 5.69 Å². The Morgan fingerprint density at radius 1 is 1.05 bits per heavy atom. The van der Waals surface area contributed by atoms with Gasteiger partial charge >= 0.3 is 0 Å². The van der Waals surface area contributed by atoms with E-state index in [1.54, 1.807) is 18.2 Å². The lowest BCUT2D eigenvalue weighted by Gasteiger charge is -2.12. The molecule has 0 atom stereocenters. The number of anilines is 1. The van der Waals surface area contributed by atoms with Crippen LogP contribution in [0, 0.1) is 13.8 Å². The van der Waals surface area contributed by atoms with Crippen molar-refractivity contribution in [3.63, 3.8) is 0 Å². The molecule has 0 amide bonds. The summed E-state index contributed by atoms with van der Waals surface area (Å²) >= 11 is 0. The molecular formula is C14H15NO3S. The molecule has 0 heterocycles. The van der Waals surface area contributed by atoms with Crippen molar-refractivity contribution in [3.8, 4) is 5.75 Å². The topological polar surface area (TPSA) is 66.4 Å². The smallest absolute Gasteiger partial charge is 0.265 e. The average molecular weight is 277 g/mol. The Balaban J connectivity index is 2.40. The zero-order valence-electron chi connectivity index (χ0n) is 10.7. The van der Waals surface area contributed by atoms with E-state index in [0.717, 1.165) is 11.1 Å². The van der Waals surface area contributed by atoms with E-state index in [0.29, 0.717) is 5.69 Å². The molecule has 5 heteroatoms. The Kier molecular flexibility index (Phi) is 3.48. The van der Waals surface area contributed by atoms with Crippen molar-refractivity contribution in [2.45, 2.75) is 18.7 Å². The molecule has 2 aromatic carbocycles. The predicted octanol–water partition coefficient (Wildman–Crippen LogP) is 2.81. The normalized spacial score (nSPS) is 11.3. The van der Waals surface area contributed by atoms with E-state index in [1.165, 1.54) is 12.1 Å². The summed E-state index contributed by atoms with van der Waals surface area (Å²) in [4.78, 5) is -0.130. The summed E-state index contributed by atoms with van der Waals surface area (Å²) in [7, 11) is -3.78. The van der Waals surface area contributed by atoms with Crippen molar-refractivity contribution < 1.29 is 13.5 Å². The quantitative estimate of drug-likeness (QED) is 0.906. The standard InChI is InChI=1S/C14H15NO3S/c1-10-7-8-12(11(2)9-10)15-19(17,18)14-6-4-3-5-13(14)16/h3-9,15-16H,1-2H3.